The maximum Gasteiger partial charge on any atom is 0.416 e. The zero-order valence-electron chi connectivity index (χ0n) is 17.3. The fourth-order valence-electron chi connectivity index (χ4n) is 3.91. The van der Waals surface area contributed by atoms with Gasteiger partial charge in [0, 0.05) is 10.9 Å². The van der Waals surface area contributed by atoms with Crippen LogP contribution >= 0.6 is 11.8 Å². The number of halogens is 3. The predicted molar refractivity (Wildman–Crippen MR) is 112 cm³/mol. The third kappa shape index (κ3) is 4.28. The van der Waals surface area contributed by atoms with Gasteiger partial charge in [0.05, 0.1) is 23.6 Å². The number of aromatic nitrogens is 5. The Labute approximate surface area is 194 Å². The third-order valence-corrected chi connectivity index (χ3v) is 6.77. The molecule has 1 aromatic carbocycles. The molecular weight excluding hydrogens is 477 g/mol. The second kappa shape index (κ2) is 8.36. The van der Waals surface area contributed by atoms with E-state index < -0.39 is 41.9 Å². The van der Waals surface area contributed by atoms with Crippen LogP contribution in [0.1, 0.15) is 30.9 Å². The quantitative estimate of drug-likeness (QED) is 0.375. The number of hydrogen-bond acceptors (Lipinski definition) is 9. The van der Waals surface area contributed by atoms with E-state index in [4.69, 9.17) is 0 Å². The summed E-state index contributed by atoms with van der Waals surface area (Å²) in [6, 6.07) is 3.89. The van der Waals surface area contributed by atoms with Crippen LogP contribution in [-0.4, -0.2) is 64.5 Å². The largest absolute Gasteiger partial charge is 0.481 e. The molecule has 0 aliphatic heterocycles. The summed E-state index contributed by atoms with van der Waals surface area (Å²) in [5.41, 5.74) is -0.243. The Kier molecular flexibility index (Phi) is 5.61. The van der Waals surface area contributed by atoms with Crippen LogP contribution in [0.3, 0.4) is 0 Å². The number of nitrogens with zero attached hydrogens (tertiary/aromatic N) is 5. The predicted octanol–water partition coefficient (Wildman–Crippen LogP) is 2.33. The van der Waals surface area contributed by atoms with Crippen LogP contribution in [0.4, 0.5) is 19.0 Å². The summed E-state index contributed by atoms with van der Waals surface area (Å²) < 4.78 is 39.9. The zero-order chi connectivity index (χ0) is 24.2. The van der Waals surface area contributed by atoms with Gasteiger partial charge in [-0.25, -0.2) is 14.6 Å². The smallest absolute Gasteiger partial charge is 0.416 e. The number of benzene rings is 1. The normalized spacial score (nSPS) is 25.1. The SMILES string of the molecule is O=C(O)[C@H]1CC(n2nnc3c(NC4CC4)nc(Sc4ccc(C(F)(F)F)cc4)nc32)C(O)C1O. The standard InChI is InChI=1S/C20H19F3N6O4S/c21-20(22,23)8-1-5-10(6-2-8)34-19-25-16(24-9-3-4-9)13-17(26-19)29(28-27-13)12-7-11(18(32)33)14(30)15(12)31/h1-2,5-6,9,11-12,14-15,30-31H,3-4,7H2,(H,32,33)(H,24,25,26)/t11-,12?,14?,15?/m0/s1. The number of rotatable bonds is 6. The Balaban J connectivity index is 1.51. The number of nitrogens with one attached hydrogen (secondary N) is 1. The molecular formula is C20H19F3N6O4S. The van der Waals surface area contributed by atoms with Crippen LogP contribution in [0.5, 0.6) is 0 Å². The molecule has 0 bridgehead atoms. The van der Waals surface area contributed by atoms with Gasteiger partial charge in [-0.3, -0.25) is 4.79 Å². The minimum Gasteiger partial charge on any atom is -0.481 e. The lowest BCUT2D eigenvalue weighted by molar-refractivity contribution is -0.146. The lowest BCUT2D eigenvalue weighted by Crippen LogP contribution is -2.32. The van der Waals surface area contributed by atoms with Crippen LogP contribution in [0.15, 0.2) is 34.3 Å². The molecule has 10 nitrogen and oxygen atoms in total. The Hall–Kier alpha value is -2.97. The number of aliphatic carboxylic acids is 1. The van der Waals surface area contributed by atoms with Gasteiger partial charge in [-0.05, 0) is 55.3 Å². The Morgan fingerprint density at radius 3 is 2.41 bits per heavy atom. The van der Waals surface area contributed by atoms with Gasteiger partial charge in [-0.2, -0.15) is 13.2 Å². The summed E-state index contributed by atoms with van der Waals surface area (Å²) in [5, 5.41) is 41.6. The molecule has 2 saturated carbocycles. The van der Waals surface area contributed by atoms with Crippen LogP contribution in [0, 0.1) is 5.92 Å². The molecule has 2 fully saturated rings. The molecule has 2 aromatic heterocycles. The molecule has 3 aromatic rings. The lowest BCUT2D eigenvalue weighted by Gasteiger charge is -2.16. The number of aliphatic hydroxyl groups excluding tert-OH is 2. The van der Waals surface area contributed by atoms with E-state index in [1.165, 1.54) is 16.8 Å². The molecule has 4 atom stereocenters. The Morgan fingerprint density at radius 1 is 1.12 bits per heavy atom. The van der Waals surface area contributed by atoms with E-state index in [9.17, 15) is 33.3 Å². The molecule has 0 saturated heterocycles. The van der Waals surface area contributed by atoms with Gasteiger partial charge in [0.25, 0.3) is 0 Å². The monoisotopic (exact) mass is 496 g/mol. The molecule has 4 N–H and O–H groups in total. The number of anilines is 1. The molecule has 180 valence electrons. The fraction of sp³-hybridized carbons (Fsp3) is 0.450. The first-order chi connectivity index (χ1) is 16.1. The Bertz CT molecular complexity index is 1230. The van der Waals surface area contributed by atoms with Gasteiger partial charge in [-0.1, -0.05) is 5.21 Å². The number of alkyl halides is 3. The highest BCUT2D eigenvalue weighted by molar-refractivity contribution is 7.99. The van der Waals surface area contributed by atoms with Gasteiger partial charge in [0.1, 0.15) is 6.10 Å². The number of fused-ring (bicyclic) bond motifs is 1. The highest BCUT2D eigenvalue weighted by atomic mass is 32.2. The van der Waals surface area contributed by atoms with Crippen molar-refractivity contribution in [2.24, 2.45) is 5.92 Å². The van der Waals surface area contributed by atoms with E-state index in [0.29, 0.717) is 16.2 Å². The van der Waals surface area contributed by atoms with Crippen molar-refractivity contribution in [3.05, 3.63) is 29.8 Å². The average molecular weight is 496 g/mol. The van der Waals surface area contributed by atoms with Crippen molar-refractivity contribution in [3.63, 3.8) is 0 Å². The molecule has 14 heteroatoms. The molecule has 2 heterocycles. The van der Waals surface area contributed by atoms with Gasteiger partial charge >= 0.3 is 12.1 Å². The molecule has 0 radical (unpaired) electrons. The fourth-order valence-corrected chi connectivity index (χ4v) is 4.67. The minimum atomic E-state index is -4.45. The molecule has 34 heavy (non-hydrogen) atoms. The molecule has 2 aliphatic carbocycles. The second-order valence-electron chi connectivity index (χ2n) is 8.33. The Morgan fingerprint density at radius 2 is 1.82 bits per heavy atom. The lowest BCUT2D eigenvalue weighted by atomic mass is 10.1. The average Bonchev–Trinajstić information content (AvgIpc) is 3.41. The second-order valence-corrected chi connectivity index (χ2v) is 9.37. The summed E-state index contributed by atoms with van der Waals surface area (Å²) in [6.45, 7) is 0. The molecule has 5 rings (SSSR count). The van der Waals surface area contributed by atoms with Crippen molar-refractivity contribution >= 4 is 34.7 Å². The number of aliphatic hydroxyl groups is 2. The van der Waals surface area contributed by atoms with E-state index in [1.807, 2.05) is 0 Å². The van der Waals surface area contributed by atoms with Crippen LogP contribution in [0.2, 0.25) is 0 Å². The summed E-state index contributed by atoms with van der Waals surface area (Å²) in [5.74, 6) is -2.02. The van der Waals surface area contributed by atoms with E-state index in [2.05, 4.69) is 25.6 Å². The van der Waals surface area contributed by atoms with Crippen LogP contribution in [0.25, 0.3) is 11.2 Å². The van der Waals surface area contributed by atoms with Crippen molar-refractivity contribution in [1.29, 1.82) is 0 Å². The highest BCUT2D eigenvalue weighted by Crippen LogP contribution is 2.38. The van der Waals surface area contributed by atoms with Gasteiger partial charge < -0.3 is 20.6 Å². The first kappa shape index (κ1) is 22.8. The summed E-state index contributed by atoms with van der Waals surface area (Å²) in [6.07, 6.45) is -5.52. The molecule has 2 aliphatic rings. The maximum atomic E-state index is 12.9. The highest BCUT2D eigenvalue weighted by Gasteiger charge is 2.47. The third-order valence-electron chi connectivity index (χ3n) is 5.90. The number of carboxylic acids is 1. The molecule has 3 unspecified atom stereocenters. The number of hydrogen-bond donors (Lipinski definition) is 4. The summed E-state index contributed by atoms with van der Waals surface area (Å²) in [4.78, 5) is 20.8. The maximum absolute atomic E-state index is 12.9. The van der Waals surface area contributed by atoms with Crippen molar-refractivity contribution in [2.45, 2.75) is 59.8 Å². The van der Waals surface area contributed by atoms with Crippen LogP contribution in [-0.2, 0) is 11.0 Å². The summed E-state index contributed by atoms with van der Waals surface area (Å²) >= 11 is 1.04. The first-order valence-corrected chi connectivity index (χ1v) is 11.3. The zero-order valence-corrected chi connectivity index (χ0v) is 18.2. The minimum absolute atomic E-state index is 0.0765. The van der Waals surface area contributed by atoms with Crippen molar-refractivity contribution in [1.82, 2.24) is 25.0 Å². The van der Waals surface area contributed by atoms with Crippen LogP contribution < -0.4 is 5.32 Å². The topological polar surface area (TPSA) is 146 Å². The summed E-state index contributed by atoms with van der Waals surface area (Å²) in [7, 11) is 0. The molecule has 0 spiro atoms. The molecule has 0 amide bonds. The van der Waals surface area contributed by atoms with Gasteiger partial charge in [0.2, 0.25) is 0 Å². The van der Waals surface area contributed by atoms with E-state index in [0.717, 1.165) is 36.7 Å². The van der Waals surface area contributed by atoms with E-state index in [1.54, 1.807) is 0 Å². The van der Waals surface area contributed by atoms with E-state index in [-0.39, 0.29) is 23.3 Å². The van der Waals surface area contributed by atoms with Crippen molar-refractivity contribution in [3.8, 4) is 0 Å². The number of carbonyl (C=O) groups is 1. The van der Waals surface area contributed by atoms with Gasteiger partial charge in [0.15, 0.2) is 22.1 Å². The van der Waals surface area contributed by atoms with Crippen molar-refractivity contribution < 1.29 is 33.3 Å². The number of carboxylic acid groups (broad SMARTS) is 1. The van der Waals surface area contributed by atoms with Gasteiger partial charge in [-0.15, -0.1) is 5.10 Å². The first-order valence-electron chi connectivity index (χ1n) is 10.5. The van der Waals surface area contributed by atoms with E-state index >= 15 is 0 Å². The van der Waals surface area contributed by atoms with Crippen molar-refractivity contribution in [2.75, 3.05) is 5.32 Å².